The van der Waals surface area contributed by atoms with Crippen LogP contribution >= 0.6 is 34.4 Å². The summed E-state index contributed by atoms with van der Waals surface area (Å²) in [5, 5.41) is 0. The first-order valence-corrected chi connectivity index (χ1v) is 5.60. The average molecular weight is 278 g/mol. The predicted octanol–water partition coefficient (Wildman–Crippen LogP) is 2.14. The zero-order valence-corrected chi connectivity index (χ0v) is 9.07. The van der Waals surface area contributed by atoms with E-state index in [9.17, 15) is 0 Å². The van der Waals surface area contributed by atoms with Gasteiger partial charge in [-0.1, -0.05) is 0 Å². The Morgan fingerprint density at radius 3 is 3.00 bits per heavy atom. The van der Waals surface area contributed by atoms with E-state index >= 15 is 0 Å². The van der Waals surface area contributed by atoms with E-state index in [-0.39, 0.29) is 0 Å². The minimum Gasteiger partial charge on any atom is -0.228 e. The minimum atomic E-state index is 0.876. The number of aryl methyl sites for hydroxylation is 1. The van der Waals surface area contributed by atoms with E-state index in [2.05, 4.69) is 39.5 Å². The Morgan fingerprint density at radius 1 is 1.36 bits per heavy atom. The van der Waals surface area contributed by atoms with Gasteiger partial charge < -0.3 is 0 Å². The second kappa shape index (κ2) is 2.90. The van der Waals surface area contributed by atoms with Gasteiger partial charge >= 0.3 is 0 Å². The third-order valence-electron chi connectivity index (χ3n) is 1.76. The Morgan fingerprint density at radius 2 is 2.18 bits per heavy atom. The average Bonchev–Trinajstić information content (AvgIpc) is 2.34. The van der Waals surface area contributed by atoms with Crippen molar-refractivity contribution in [2.75, 3.05) is 0 Å². The van der Waals surface area contributed by atoms with Gasteiger partial charge in [0.15, 0.2) is 3.83 Å². The number of aromatic nitrogens is 2. The smallest absolute Gasteiger partial charge is 0.191 e. The van der Waals surface area contributed by atoms with Crippen molar-refractivity contribution in [3.63, 3.8) is 0 Å². The van der Waals surface area contributed by atoms with E-state index in [1.165, 1.54) is 11.3 Å². The molecule has 58 valence electrons. The molecule has 0 bridgehead atoms. The first-order valence-electron chi connectivity index (χ1n) is 3.37. The van der Waals surface area contributed by atoms with Gasteiger partial charge in [0.1, 0.15) is 0 Å². The summed E-state index contributed by atoms with van der Waals surface area (Å²) in [4.78, 5) is 8.68. The molecule has 0 saturated carbocycles. The fourth-order valence-electron chi connectivity index (χ4n) is 1.18. The van der Waals surface area contributed by atoms with Crippen LogP contribution in [0.5, 0.6) is 0 Å². The summed E-state index contributed by atoms with van der Waals surface area (Å²) in [5.74, 6) is 2.16. The molecule has 4 heteroatoms. The highest BCUT2D eigenvalue weighted by Crippen LogP contribution is 2.29. The zero-order chi connectivity index (χ0) is 7.84. The van der Waals surface area contributed by atoms with E-state index in [0.717, 1.165) is 21.0 Å². The number of hydrogen-bond acceptors (Lipinski definition) is 3. The molecule has 2 nitrogen and oxygen atoms in total. The van der Waals surface area contributed by atoms with Crippen LogP contribution in [-0.2, 0) is 11.5 Å². The van der Waals surface area contributed by atoms with E-state index in [4.69, 9.17) is 0 Å². The minimum absolute atomic E-state index is 0.876. The monoisotopic (exact) mass is 278 g/mol. The molecule has 0 amide bonds. The second-order valence-electron chi connectivity index (χ2n) is 2.50. The Balaban J connectivity index is 2.60. The lowest BCUT2D eigenvalue weighted by atomic mass is 10.2. The lowest BCUT2D eigenvalue weighted by molar-refractivity contribution is 0.976. The van der Waals surface area contributed by atoms with E-state index in [0.29, 0.717) is 0 Å². The molecular weight excluding hydrogens is 271 g/mol. The molecule has 1 aliphatic rings. The maximum absolute atomic E-state index is 4.37. The van der Waals surface area contributed by atoms with Crippen molar-refractivity contribution < 1.29 is 0 Å². The first kappa shape index (κ1) is 7.79. The summed E-state index contributed by atoms with van der Waals surface area (Å²) >= 11 is 4.09. The molecule has 0 aromatic carbocycles. The van der Waals surface area contributed by atoms with Gasteiger partial charge in [-0.15, -0.1) is 0 Å². The molecule has 1 aliphatic heterocycles. The highest BCUT2D eigenvalue weighted by Gasteiger charge is 2.16. The molecule has 0 saturated heterocycles. The van der Waals surface area contributed by atoms with Crippen LogP contribution in [0, 0.1) is 10.8 Å². The molecule has 0 radical (unpaired) electrons. The van der Waals surface area contributed by atoms with Gasteiger partial charge in [-0.25, -0.2) is 9.97 Å². The molecule has 0 N–H and O–H groups in total. The first-order chi connectivity index (χ1) is 5.27. The van der Waals surface area contributed by atoms with Crippen molar-refractivity contribution in [3.8, 4) is 0 Å². The fourth-order valence-corrected chi connectivity index (χ4v) is 2.94. The molecule has 0 fully saturated rings. The maximum atomic E-state index is 4.37. The second-order valence-corrected chi connectivity index (χ2v) is 4.45. The Hall–Kier alpha value is 0.160. The van der Waals surface area contributed by atoms with Gasteiger partial charge in [-0.05, 0) is 6.92 Å². The van der Waals surface area contributed by atoms with Crippen molar-refractivity contribution >= 4 is 34.4 Å². The third-order valence-corrected chi connectivity index (χ3v) is 3.21. The maximum Gasteiger partial charge on any atom is 0.191 e. The van der Waals surface area contributed by atoms with Crippen LogP contribution in [-0.4, -0.2) is 9.97 Å². The Kier molecular flexibility index (Phi) is 2.05. The quantitative estimate of drug-likeness (QED) is 0.537. The van der Waals surface area contributed by atoms with Crippen LogP contribution in [0.25, 0.3) is 0 Å². The van der Waals surface area contributed by atoms with Gasteiger partial charge in [0, 0.05) is 45.4 Å². The lowest BCUT2D eigenvalue weighted by Gasteiger charge is -2.00. The molecular formula is C7H7IN2S. The number of halogens is 1. The zero-order valence-electron chi connectivity index (χ0n) is 6.09. The molecule has 1 aromatic heterocycles. The highest BCUT2D eigenvalue weighted by atomic mass is 127. The fraction of sp³-hybridized carbons (Fsp3) is 0.429. The van der Waals surface area contributed by atoms with Gasteiger partial charge in [0.25, 0.3) is 0 Å². The van der Waals surface area contributed by atoms with Crippen molar-refractivity contribution in [2.45, 2.75) is 18.4 Å². The molecule has 0 unspecified atom stereocenters. The molecule has 0 atom stereocenters. The number of nitrogens with zero attached hydrogens (tertiary/aromatic N) is 2. The van der Waals surface area contributed by atoms with Crippen molar-refractivity contribution in [3.05, 3.63) is 20.8 Å². The van der Waals surface area contributed by atoms with Crippen molar-refractivity contribution in [1.29, 1.82) is 0 Å². The van der Waals surface area contributed by atoms with Crippen LogP contribution in [0.3, 0.4) is 0 Å². The summed E-state index contributed by atoms with van der Waals surface area (Å²) in [5.41, 5.74) is 3.76. The third kappa shape index (κ3) is 1.38. The Bertz CT molecular complexity index is 301. The summed E-state index contributed by atoms with van der Waals surface area (Å²) in [7, 11) is 0. The van der Waals surface area contributed by atoms with Gasteiger partial charge in [0.2, 0.25) is 0 Å². The SMILES string of the molecule is Cc1nc(I)nc2c1CSC2. The molecule has 11 heavy (non-hydrogen) atoms. The van der Waals surface area contributed by atoms with E-state index in [1.807, 2.05) is 11.8 Å². The van der Waals surface area contributed by atoms with E-state index in [1.54, 1.807) is 0 Å². The van der Waals surface area contributed by atoms with Crippen LogP contribution in [0.4, 0.5) is 0 Å². The summed E-state index contributed by atoms with van der Waals surface area (Å²) in [6, 6.07) is 0. The number of rotatable bonds is 0. The van der Waals surface area contributed by atoms with E-state index < -0.39 is 0 Å². The summed E-state index contributed by atoms with van der Waals surface area (Å²) in [6.07, 6.45) is 0. The van der Waals surface area contributed by atoms with Crippen LogP contribution in [0.1, 0.15) is 17.0 Å². The normalized spacial score (nSPS) is 15.1. The van der Waals surface area contributed by atoms with Crippen LogP contribution in [0.15, 0.2) is 0 Å². The number of thioether (sulfide) groups is 1. The molecule has 0 aliphatic carbocycles. The topological polar surface area (TPSA) is 25.8 Å². The van der Waals surface area contributed by atoms with Crippen molar-refractivity contribution in [1.82, 2.24) is 9.97 Å². The molecule has 2 rings (SSSR count). The van der Waals surface area contributed by atoms with Crippen LogP contribution in [0.2, 0.25) is 0 Å². The molecule has 0 spiro atoms. The van der Waals surface area contributed by atoms with Crippen LogP contribution < -0.4 is 0 Å². The largest absolute Gasteiger partial charge is 0.228 e. The molecule has 2 heterocycles. The number of fused-ring (bicyclic) bond motifs is 1. The highest BCUT2D eigenvalue weighted by molar-refractivity contribution is 14.1. The van der Waals surface area contributed by atoms with Gasteiger partial charge in [-0.3, -0.25) is 0 Å². The summed E-state index contributed by atoms with van der Waals surface area (Å²) < 4.78 is 0.876. The predicted molar refractivity (Wildman–Crippen MR) is 54.5 cm³/mol. The lowest BCUT2D eigenvalue weighted by Crippen LogP contribution is -1.98. The number of hydrogen-bond donors (Lipinski definition) is 0. The summed E-state index contributed by atoms with van der Waals surface area (Å²) in [6.45, 7) is 2.06. The standard InChI is InChI=1S/C7H7IN2S/c1-4-5-2-11-3-6(5)10-7(8)9-4/h2-3H2,1H3. The Labute approximate surface area is 83.3 Å². The van der Waals surface area contributed by atoms with Gasteiger partial charge in [-0.2, -0.15) is 11.8 Å². The van der Waals surface area contributed by atoms with Crippen molar-refractivity contribution in [2.24, 2.45) is 0 Å². The molecule has 1 aromatic rings. The van der Waals surface area contributed by atoms with Gasteiger partial charge in [0.05, 0.1) is 5.69 Å².